The van der Waals surface area contributed by atoms with Crippen molar-refractivity contribution in [1.82, 2.24) is 10.0 Å². The van der Waals surface area contributed by atoms with E-state index in [2.05, 4.69) is 10.0 Å². The molecule has 0 heterocycles. The summed E-state index contributed by atoms with van der Waals surface area (Å²) in [7, 11) is -1.82. The Labute approximate surface area is 127 Å². The van der Waals surface area contributed by atoms with E-state index in [9.17, 15) is 8.42 Å². The Hall–Kier alpha value is -0.950. The number of rotatable bonds is 9. The van der Waals surface area contributed by atoms with Gasteiger partial charge in [-0.25, -0.2) is 13.1 Å². The molecule has 1 unspecified atom stereocenters. The highest BCUT2D eigenvalue weighted by Gasteiger charge is 2.20. The lowest BCUT2D eigenvalue weighted by Crippen LogP contribution is -2.30. The third-order valence-electron chi connectivity index (χ3n) is 3.48. The Morgan fingerprint density at radius 3 is 2.52 bits per heavy atom. The van der Waals surface area contributed by atoms with Crippen LogP contribution < -0.4 is 10.0 Å². The maximum Gasteiger partial charge on any atom is 0.240 e. The molecular formula is C15H24N2O3S. The van der Waals surface area contributed by atoms with Crippen LogP contribution in [0.15, 0.2) is 29.2 Å². The number of nitrogens with one attached hydrogen (secondary N) is 2. The van der Waals surface area contributed by atoms with Gasteiger partial charge in [0.05, 0.1) is 4.90 Å². The first kappa shape index (κ1) is 16.4. The van der Waals surface area contributed by atoms with Gasteiger partial charge in [-0.15, -0.1) is 0 Å². The Kier molecular flexibility index (Phi) is 5.75. The van der Waals surface area contributed by atoms with E-state index in [1.165, 1.54) is 12.8 Å². The molecule has 1 aromatic rings. The van der Waals surface area contributed by atoms with Crippen LogP contribution in [-0.4, -0.2) is 34.7 Å². The largest absolute Gasteiger partial charge is 0.384 e. The molecule has 1 fully saturated rings. The first-order valence-corrected chi connectivity index (χ1v) is 8.80. The molecule has 0 saturated heterocycles. The molecule has 0 amide bonds. The van der Waals surface area contributed by atoms with E-state index in [-0.39, 0.29) is 5.92 Å². The minimum Gasteiger partial charge on any atom is -0.384 e. The molecule has 118 valence electrons. The van der Waals surface area contributed by atoms with E-state index in [0.717, 1.165) is 12.1 Å². The second-order valence-electron chi connectivity index (χ2n) is 5.71. The zero-order valence-electron chi connectivity index (χ0n) is 12.6. The first-order chi connectivity index (χ1) is 10.0. The summed E-state index contributed by atoms with van der Waals surface area (Å²) in [4.78, 5) is 0.308. The topological polar surface area (TPSA) is 67.4 Å². The highest BCUT2D eigenvalue weighted by molar-refractivity contribution is 7.89. The minimum absolute atomic E-state index is 0.145. The van der Waals surface area contributed by atoms with Gasteiger partial charge in [-0.3, -0.25) is 0 Å². The molecule has 21 heavy (non-hydrogen) atoms. The Bertz CT molecular complexity index is 539. The molecule has 1 atom stereocenters. The van der Waals surface area contributed by atoms with E-state index in [1.54, 1.807) is 19.2 Å². The number of benzene rings is 1. The van der Waals surface area contributed by atoms with Crippen LogP contribution in [0.1, 0.15) is 25.3 Å². The van der Waals surface area contributed by atoms with E-state index in [1.807, 2.05) is 19.1 Å². The van der Waals surface area contributed by atoms with Crippen molar-refractivity contribution in [1.29, 1.82) is 0 Å². The average molecular weight is 312 g/mol. The fourth-order valence-electron chi connectivity index (χ4n) is 2.01. The molecular weight excluding hydrogens is 288 g/mol. The fraction of sp³-hybridized carbons (Fsp3) is 0.600. The second kappa shape index (κ2) is 7.35. The first-order valence-electron chi connectivity index (χ1n) is 7.32. The van der Waals surface area contributed by atoms with Gasteiger partial charge in [0.1, 0.15) is 0 Å². The smallest absolute Gasteiger partial charge is 0.240 e. The summed E-state index contributed by atoms with van der Waals surface area (Å²) in [5.41, 5.74) is 1.11. The zero-order valence-corrected chi connectivity index (χ0v) is 13.4. The number of hydrogen-bond donors (Lipinski definition) is 2. The van der Waals surface area contributed by atoms with E-state index in [0.29, 0.717) is 24.1 Å². The predicted octanol–water partition coefficient (Wildman–Crippen LogP) is 1.50. The molecule has 0 radical (unpaired) electrons. The van der Waals surface area contributed by atoms with Crippen LogP contribution in [-0.2, 0) is 21.3 Å². The minimum atomic E-state index is -3.44. The summed E-state index contributed by atoms with van der Waals surface area (Å²) in [6, 6.07) is 7.70. The SMILES string of the molecule is COCC(C)CNS(=O)(=O)c1ccc(CNC2CC2)cc1. The number of methoxy groups -OCH3 is 1. The Balaban J connectivity index is 1.89. The molecule has 0 bridgehead atoms. The lowest BCUT2D eigenvalue weighted by Gasteiger charge is -2.12. The van der Waals surface area contributed by atoms with Crippen molar-refractivity contribution in [2.45, 2.75) is 37.2 Å². The third-order valence-corrected chi connectivity index (χ3v) is 4.92. The van der Waals surface area contributed by atoms with Gasteiger partial charge in [-0.05, 0) is 36.5 Å². The summed E-state index contributed by atoms with van der Waals surface area (Å²) in [5.74, 6) is 0.145. The summed E-state index contributed by atoms with van der Waals surface area (Å²) < 4.78 is 31.9. The molecule has 1 saturated carbocycles. The molecule has 1 aliphatic carbocycles. The zero-order chi connectivity index (χ0) is 15.3. The van der Waals surface area contributed by atoms with Crippen molar-refractivity contribution < 1.29 is 13.2 Å². The molecule has 0 aromatic heterocycles. The van der Waals surface area contributed by atoms with Gasteiger partial charge in [0.2, 0.25) is 10.0 Å². The van der Waals surface area contributed by atoms with Crippen LogP contribution in [0.25, 0.3) is 0 Å². The Morgan fingerprint density at radius 1 is 1.29 bits per heavy atom. The molecule has 2 N–H and O–H groups in total. The van der Waals surface area contributed by atoms with E-state index < -0.39 is 10.0 Å². The molecule has 1 aromatic carbocycles. The molecule has 1 aliphatic rings. The van der Waals surface area contributed by atoms with Gasteiger partial charge in [0, 0.05) is 32.8 Å². The van der Waals surface area contributed by atoms with Gasteiger partial charge in [0.15, 0.2) is 0 Å². The quantitative estimate of drug-likeness (QED) is 0.725. The van der Waals surface area contributed by atoms with Crippen molar-refractivity contribution in [2.75, 3.05) is 20.3 Å². The lowest BCUT2D eigenvalue weighted by molar-refractivity contribution is 0.161. The number of ether oxygens (including phenoxy) is 1. The van der Waals surface area contributed by atoms with Gasteiger partial charge < -0.3 is 10.1 Å². The summed E-state index contributed by atoms with van der Waals surface area (Å²) in [6.07, 6.45) is 2.49. The summed E-state index contributed by atoms with van der Waals surface area (Å²) >= 11 is 0. The maximum atomic E-state index is 12.2. The van der Waals surface area contributed by atoms with Gasteiger partial charge in [-0.2, -0.15) is 0 Å². The van der Waals surface area contributed by atoms with Crippen molar-refractivity contribution >= 4 is 10.0 Å². The van der Waals surface area contributed by atoms with Gasteiger partial charge in [0.25, 0.3) is 0 Å². The second-order valence-corrected chi connectivity index (χ2v) is 7.48. The van der Waals surface area contributed by atoms with Crippen molar-refractivity contribution in [3.8, 4) is 0 Å². The Morgan fingerprint density at radius 2 is 1.95 bits per heavy atom. The monoisotopic (exact) mass is 312 g/mol. The van der Waals surface area contributed by atoms with Crippen molar-refractivity contribution in [2.24, 2.45) is 5.92 Å². The molecule has 0 spiro atoms. The lowest BCUT2D eigenvalue weighted by atomic mass is 10.2. The third kappa shape index (κ3) is 5.39. The highest BCUT2D eigenvalue weighted by Crippen LogP contribution is 2.19. The number of sulfonamides is 1. The van der Waals surface area contributed by atoms with Crippen LogP contribution in [0.2, 0.25) is 0 Å². The van der Waals surface area contributed by atoms with Crippen LogP contribution in [0.5, 0.6) is 0 Å². The van der Waals surface area contributed by atoms with Gasteiger partial charge >= 0.3 is 0 Å². The summed E-state index contributed by atoms with van der Waals surface area (Å²) in [5, 5.41) is 3.41. The molecule has 0 aliphatic heterocycles. The number of hydrogen-bond acceptors (Lipinski definition) is 4. The molecule has 5 nitrogen and oxygen atoms in total. The standard InChI is InChI=1S/C15H24N2O3S/c1-12(11-20-2)9-17-21(18,19)15-7-3-13(4-8-15)10-16-14-5-6-14/h3-4,7-8,12,14,16-17H,5-6,9-11H2,1-2H3. The average Bonchev–Trinajstić information content (AvgIpc) is 3.28. The summed E-state index contributed by atoms with van der Waals surface area (Å²) in [6.45, 7) is 3.65. The molecule has 6 heteroatoms. The van der Waals surface area contributed by atoms with Crippen LogP contribution in [0.3, 0.4) is 0 Å². The van der Waals surface area contributed by atoms with Gasteiger partial charge in [-0.1, -0.05) is 19.1 Å². The van der Waals surface area contributed by atoms with Crippen LogP contribution >= 0.6 is 0 Å². The maximum absolute atomic E-state index is 12.2. The normalized spacial score (nSPS) is 16.9. The van der Waals surface area contributed by atoms with Crippen molar-refractivity contribution in [3.63, 3.8) is 0 Å². The van der Waals surface area contributed by atoms with E-state index >= 15 is 0 Å². The van der Waals surface area contributed by atoms with E-state index in [4.69, 9.17) is 4.74 Å². The highest BCUT2D eigenvalue weighted by atomic mass is 32.2. The fourth-order valence-corrected chi connectivity index (χ4v) is 3.18. The van der Waals surface area contributed by atoms with Crippen molar-refractivity contribution in [3.05, 3.63) is 29.8 Å². The van der Waals surface area contributed by atoms with Crippen LogP contribution in [0.4, 0.5) is 0 Å². The molecule has 2 rings (SSSR count). The predicted molar refractivity (Wildman–Crippen MR) is 82.5 cm³/mol. The van der Waals surface area contributed by atoms with Crippen LogP contribution in [0, 0.1) is 5.92 Å².